The van der Waals surface area contributed by atoms with Gasteiger partial charge in [0.25, 0.3) is 0 Å². The van der Waals surface area contributed by atoms with Gasteiger partial charge in [-0.1, -0.05) is 24.3 Å². The minimum Gasteiger partial charge on any atom is -0.550 e. The summed E-state index contributed by atoms with van der Waals surface area (Å²) < 4.78 is 73.2. The van der Waals surface area contributed by atoms with E-state index in [1.807, 2.05) is 34.9 Å². The minimum atomic E-state index is -4.15. The first-order valence-electron chi connectivity index (χ1n) is 14.9. The van der Waals surface area contributed by atoms with Crippen LogP contribution in [0.1, 0.15) is 54.7 Å². The van der Waals surface area contributed by atoms with Gasteiger partial charge in [-0.2, -0.15) is 13.2 Å². The SMILES string of the molecule is Cc1cc(C2CCN(CCC(F)(F)F)CC2)ccc1COc1c(F)cc(F)cc1-c1cccc(N2CCC(C(=O)[O-])CC2)n1.[Na+]. The van der Waals surface area contributed by atoms with Crippen molar-refractivity contribution < 1.29 is 66.1 Å². The zero-order chi connectivity index (χ0) is 31.4. The molecule has 12 heteroatoms. The Morgan fingerprint density at radius 3 is 2.36 bits per heavy atom. The van der Waals surface area contributed by atoms with Gasteiger partial charge in [-0.05, 0) is 86.5 Å². The predicted molar refractivity (Wildman–Crippen MR) is 154 cm³/mol. The summed E-state index contributed by atoms with van der Waals surface area (Å²) >= 11 is 0. The molecule has 0 bridgehead atoms. The summed E-state index contributed by atoms with van der Waals surface area (Å²) in [5, 5.41) is 11.2. The number of piperidine rings is 2. The third kappa shape index (κ3) is 9.18. The molecule has 0 atom stereocenters. The Kier molecular flexibility index (Phi) is 11.9. The second kappa shape index (κ2) is 15.2. The van der Waals surface area contributed by atoms with Crippen molar-refractivity contribution in [3.05, 3.63) is 76.9 Å². The first-order valence-corrected chi connectivity index (χ1v) is 14.9. The number of hydrogen-bond acceptors (Lipinski definition) is 6. The number of aryl methyl sites for hydroxylation is 1. The van der Waals surface area contributed by atoms with E-state index >= 15 is 4.39 Å². The molecule has 0 spiro atoms. The normalized spacial score (nSPS) is 16.8. The van der Waals surface area contributed by atoms with Crippen molar-refractivity contribution >= 4 is 11.8 Å². The molecule has 45 heavy (non-hydrogen) atoms. The number of benzene rings is 2. The van der Waals surface area contributed by atoms with E-state index in [1.165, 1.54) is 6.07 Å². The maximum atomic E-state index is 15.1. The van der Waals surface area contributed by atoms with Crippen molar-refractivity contribution in [2.45, 2.75) is 57.7 Å². The molecule has 0 N–H and O–H groups in total. The van der Waals surface area contributed by atoms with Crippen molar-refractivity contribution in [2.24, 2.45) is 5.92 Å². The predicted octanol–water partition coefficient (Wildman–Crippen LogP) is 3.02. The molecule has 0 amide bonds. The van der Waals surface area contributed by atoms with Crippen LogP contribution in [-0.4, -0.2) is 54.8 Å². The number of halogens is 5. The molecule has 2 aliphatic heterocycles. The van der Waals surface area contributed by atoms with E-state index < -0.39 is 36.1 Å². The van der Waals surface area contributed by atoms with Gasteiger partial charge in [-0.25, -0.2) is 13.8 Å². The Balaban J connectivity index is 0.00000461. The summed E-state index contributed by atoms with van der Waals surface area (Å²) in [6, 6.07) is 13.1. The zero-order valence-electron chi connectivity index (χ0n) is 25.5. The first-order chi connectivity index (χ1) is 21.0. The molecule has 1 aromatic heterocycles. The molecule has 2 aliphatic rings. The van der Waals surface area contributed by atoms with Crippen molar-refractivity contribution in [3.63, 3.8) is 0 Å². The molecule has 2 aromatic carbocycles. The van der Waals surface area contributed by atoms with Crippen LogP contribution in [0.4, 0.5) is 27.8 Å². The number of carboxylic acids is 1. The second-order valence-electron chi connectivity index (χ2n) is 11.7. The average molecular weight is 640 g/mol. The van der Waals surface area contributed by atoms with Crippen LogP contribution in [-0.2, 0) is 11.4 Å². The van der Waals surface area contributed by atoms with E-state index in [9.17, 15) is 27.5 Å². The molecule has 3 heterocycles. The van der Waals surface area contributed by atoms with Crippen LogP contribution in [0.2, 0.25) is 0 Å². The second-order valence-corrected chi connectivity index (χ2v) is 11.7. The Morgan fingerprint density at radius 2 is 1.71 bits per heavy atom. The van der Waals surface area contributed by atoms with E-state index in [-0.39, 0.29) is 59.9 Å². The summed E-state index contributed by atoms with van der Waals surface area (Å²) in [5.41, 5.74) is 3.36. The van der Waals surface area contributed by atoms with Crippen LogP contribution in [0.5, 0.6) is 5.75 Å². The fraction of sp³-hybridized carbons (Fsp3) is 0.455. The number of aliphatic carboxylic acids is 1. The Morgan fingerprint density at radius 1 is 1.00 bits per heavy atom. The topological polar surface area (TPSA) is 68.7 Å². The maximum Gasteiger partial charge on any atom is 1.00 e. The quantitative estimate of drug-likeness (QED) is 0.265. The van der Waals surface area contributed by atoms with Crippen molar-refractivity contribution in [1.29, 1.82) is 0 Å². The Labute approximate surface area is 281 Å². The molecule has 0 aliphatic carbocycles. The molecule has 5 rings (SSSR count). The van der Waals surface area contributed by atoms with Gasteiger partial charge in [-0.3, -0.25) is 0 Å². The van der Waals surface area contributed by atoms with Crippen LogP contribution in [0.3, 0.4) is 0 Å². The van der Waals surface area contributed by atoms with E-state index in [0.29, 0.717) is 50.5 Å². The standard InChI is InChI=1S/C33H36F5N3O3.Na/c1-21-17-24(22-7-12-40(13-8-22)16-11-33(36,37)38)5-6-25(21)20-44-31-27(18-26(34)19-28(31)35)29-3-2-4-30(39-29)41-14-9-23(10-15-41)32(42)43;/h2-6,17-19,22-23H,7-16,20H2,1H3,(H,42,43);/q;+1/p-1. The minimum absolute atomic E-state index is 0. The van der Waals surface area contributed by atoms with Gasteiger partial charge in [0, 0.05) is 43.2 Å². The fourth-order valence-electron chi connectivity index (χ4n) is 6.05. The number of aromatic nitrogens is 1. The van der Waals surface area contributed by atoms with Crippen LogP contribution < -0.4 is 44.3 Å². The third-order valence-corrected chi connectivity index (χ3v) is 8.68. The number of nitrogens with zero attached hydrogens (tertiary/aromatic N) is 3. The van der Waals surface area contributed by atoms with Gasteiger partial charge in [-0.15, -0.1) is 0 Å². The maximum absolute atomic E-state index is 15.1. The molecule has 2 fully saturated rings. The third-order valence-electron chi connectivity index (χ3n) is 8.68. The fourth-order valence-corrected chi connectivity index (χ4v) is 6.05. The summed E-state index contributed by atoms with van der Waals surface area (Å²) in [5.74, 6) is -2.48. The number of hydrogen-bond donors (Lipinski definition) is 0. The molecule has 3 aromatic rings. The van der Waals surface area contributed by atoms with Gasteiger partial charge in [0.05, 0.1) is 12.1 Å². The van der Waals surface area contributed by atoms with Crippen molar-refractivity contribution in [1.82, 2.24) is 9.88 Å². The van der Waals surface area contributed by atoms with E-state index in [1.54, 1.807) is 18.2 Å². The number of alkyl halides is 3. The number of carbonyl (C=O) groups is 1. The van der Waals surface area contributed by atoms with Crippen LogP contribution in [0.15, 0.2) is 48.5 Å². The Hall–Kier alpha value is -2.73. The van der Waals surface area contributed by atoms with Crippen LogP contribution in [0.25, 0.3) is 11.3 Å². The number of carbonyl (C=O) groups excluding carboxylic acids is 1. The molecule has 0 radical (unpaired) electrons. The molecule has 0 saturated carbocycles. The number of carboxylic acid groups (broad SMARTS) is 1. The summed E-state index contributed by atoms with van der Waals surface area (Å²) in [4.78, 5) is 19.6. The molecule has 0 unspecified atom stereocenters. The number of rotatable bonds is 9. The molecular weight excluding hydrogens is 604 g/mol. The Bertz CT molecular complexity index is 1470. The zero-order valence-corrected chi connectivity index (χ0v) is 27.5. The summed E-state index contributed by atoms with van der Waals surface area (Å²) in [6.45, 7) is 4.17. The van der Waals surface area contributed by atoms with Crippen LogP contribution >= 0.6 is 0 Å². The largest absolute Gasteiger partial charge is 1.00 e. The number of ether oxygens (including phenoxy) is 1. The summed E-state index contributed by atoms with van der Waals surface area (Å²) in [6.07, 6.45) is -2.54. The van der Waals surface area contributed by atoms with E-state index in [2.05, 4.69) is 4.98 Å². The van der Waals surface area contributed by atoms with Gasteiger partial charge < -0.3 is 24.4 Å². The molecule has 236 valence electrons. The number of likely N-dealkylation sites (tertiary alicyclic amines) is 1. The van der Waals surface area contributed by atoms with Crippen LogP contribution in [0, 0.1) is 24.5 Å². The smallest absolute Gasteiger partial charge is 0.550 e. The summed E-state index contributed by atoms with van der Waals surface area (Å²) in [7, 11) is 0. The number of pyridine rings is 1. The molecule has 6 nitrogen and oxygen atoms in total. The van der Waals surface area contributed by atoms with Crippen molar-refractivity contribution in [3.8, 4) is 17.0 Å². The van der Waals surface area contributed by atoms with Gasteiger partial charge >= 0.3 is 35.7 Å². The van der Waals surface area contributed by atoms with E-state index in [0.717, 1.165) is 35.6 Å². The van der Waals surface area contributed by atoms with Crippen molar-refractivity contribution in [2.75, 3.05) is 37.6 Å². The van der Waals surface area contributed by atoms with Gasteiger partial charge in [0.2, 0.25) is 0 Å². The molecular formula is C33H35F5N3NaO3. The average Bonchev–Trinajstić information content (AvgIpc) is 3.00. The van der Waals surface area contributed by atoms with Gasteiger partial charge in [0.1, 0.15) is 18.2 Å². The molecule has 2 saturated heterocycles. The first kappa shape index (κ1) is 35.1. The monoisotopic (exact) mass is 639 g/mol. The number of anilines is 1. The van der Waals surface area contributed by atoms with Gasteiger partial charge in [0.15, 0.2) is 11.6 Å². The van der Waals surface area contributed by atoms with E-state index in [4.69, 9.17) is 4.74 Å².